The first-order valence-corrected chi connectivity index (χ1v) is 6.49. The van der Waals surface area contributed by atoms with Crippen LogP contribution in [0.4, 0.5) is 0 Å². The Labute approximate surface area is 110 Å². The van der Waals surface area contributed by atoms with Gasteiger partial charge in [0.1, 0.15) is 5.69 Å². The van der Waals surface area contributed by atoms with Crippen molar-refractivity contribution in [3.05, 3.63) is 35.0 Å². The Morgan fingerprint density at radius 2 is 2.11 bits per heavy atom. The predicted octanol–water partition coefficient (Wildman–Crippen LogP) is 2.15. The van der Waals surface area contributed by atoms with Crippen molar-refractivity contribution in [2.75, 3.05) is 0 Å². The van der Waals surface area contributed by atoms with Gasteiger partial charge in [0.2, 0.25) is 0 Å². The molecule has 0 unspecified atom stereocenters. The van der Waals surface area contributed by atoms with E-state index in [2.05, 4.69) is 22.3 Å². The zero-order valence-electron chi connectivity index (χ0n) is 10.8. The Kier molecular flexibility index (Phi) is 2.81. The summed E-state index contributed by atoms with van der Waals surface area (Å²) in [6, 6.07) is 6.08. The Bertz CT molecular complexity index is 646. The minimum atomic E-state index is -1.03. The Hall–Kier alpha value is -2.17. The number of hydrogen-bond donors (Lipinski definition) is 1. The first-order valence-electron chi connectivity index (χ1n) is 6.49. The van der Waals surface area contributed by atoms with Gasteiger partial charge in [-0.2, -0.15) is 9.90 Å². The van der Waals surface area contributed by atoms with Crippen LogP contribution in [0.25, 0.3) is 11.3 Å². The highest BCUT2D eigenvalue weighted by Crippen LogP contribution is 2.28. The van der Waals surface area contributed by atoms with Crippen LogP contribution in [-0.4, -0.2) is 26.1 Å². The van der Waals surface area contributed by atoms with E-state index >= 15 is 0 Å². The molecule has 1 aliphatic carbocycles. The van der Waals surface area contributed by atoms with Gasteiger partial charge in [-0.3, -0.25) is 0 Å². The lowest BCUT2D eigenvalue weighted by atomic mass is 10.0. The first kappa shape index (κ1) is 11.9. The molecule has 0 saturated heterocycles. The van der Waals surface area contributed by atoms with Crippen LogP contribution < -0.4 is 0 Å². The van der Waals surface area contributed by atoms with Crippen molar-refractivity contribution in [1.29, 1.82) is 0 Å². The molecule has 5 nitrogen and oxygen atoms in total. The summed E-state index contributed by atoms with van der Waals surface area (Å²) in [7, 11) is 0. The number of carboxylic acid groups (broad SMARTS) is 1. The molecule has 2 aromatic rings. The summed E-state index contributed by atoms with van der Waals surface area (Å²) in [5.74, 6) is -1.03. The molecular formula is C14H15N3O2. The number of rotatable bonds is 3. The quantitative estimate of drug-likeness (QED) is 0.914. The molecule has 19 heavy (non-hydrogen) atoms. The molecule has 1 N–H and O–H groups in total. The van der Waals surface area contributed by atoms with Crippen molar-refractivity contribution in [2.45, 2.75) is 32.7 Å². The molecule has 1 heterocycles. The summed E-state index contributed by atoms with van der Waals surface area (Å²) >= 11 is 0. The SMILES string of the molecule is CCn1nc(C(=O)O)c(-c2ccc3c(c2)CCC3)n1. The molecule has 1 aliphatic rings. The summed E-state index contributed by atoms with van der Waals surface area (Å²) in [5.41, 5.74) is 4.00. The number of carboxylic acids is 1. The molecule has 0 bridgehead atoms. The molecule has 0 aliphatic heterocycles. The number of aromatic carboxylic acids is 1. The normalized spacial score (nSPS) is 13.5. The zero-order chi connectivity index (χ0) is 13.4. The molecular weight excluding hydrogens is 242 g/mol. The molecule has 5 heteroatoms. The van der Waals surface area contributed by atoms with E-state index in [4.69, 9.17) is 0 Å². The number of carbonyl (C=O) groups is 1. The second kappa shape index (κ2) is 4.50. The molecule has 0 amide bonds. The lowest BCUT2D eigenvalue weighted by Gasteiger charge is -2.02. The number of aromatic nitrogens is 3. The van der Waals surface area contributed by atoms with Gasteiger partial charge in [0.15, 0.2) is 5.69 Å². The van der Waals surface area contributed by atoms with Crippen LogP contribution in [0.1, 0.15) is 35.0 Å². The van der Waals surface area contributed by atoms with Crippen LogP contribution in [0.5, 0.6) is 0 Å². The summed E-state index contributed by atoms with van der Waals surface area (Å²) in [6.45, 7) is 2.45. The average Bonchev–Trinajstić information content (AvgIpc) is 3.04. The van der Waals surface area contributed by atoms with Gasteiger partial charge in [-0.05, 0) is 43.4 Å². The maximum Gasteiger partial charge on any atom is 0.358 e. The molecule has 0 radical (unpaired) electrons. The van der Waals surface area contributed by atoms with Gasteiger partial charge in [-0.15, -0.1) is 5.10 Å². The second-order valence-corrected chi connectivity index (χ2v) is 4.73. The van der Waals surface area contributed by atoms with E-state index in [1.54, 1.807) is 0 Å². The summed E-state index contributed by atoms with van der Waals surface area (Å²) < 4.78 is 0. The monoisotopic (exact) mass is 257 g/mol. The maximum absolute atomic E-state index is 11.2. The van der Waals surface area contributed by atoms with Gasteiger partial charge in [0.25, 0.3) is 0 Å². The molecule has 98 valence electrons. The van der Waals surface area contributed by atoms with Gasteiger partial charge < -0.3 is 5.11 Å². The Morgan fingerprint density at radius 3 is 2.84 bits per heavy atom. The van der Waals surface area contributed by atoms with Crippen LogP contribution in [0.3, 0.4) is 0 Å². The standard InChI is InChI=1S/C14H15N3O2/c1-2-17-15-12(13(16-17)14(18)19)11-7-6-9-4-3-5-10(9)8-11/h6-8H,2-5H2,1H3,(H,18,19). The third-order valence-corrected chi connectivity index (χ3v) is 3.51. The molecule has 0 saturated carbocycles. The number of nitrogens with zero attached hydrogens (tertiary/aromatic N) is 3. The smallest absolute Gasteiger partial charge is 0.358 e. The number of hydrogen-bond acceptors (Lipinski definition) is 3. The average molecular weight is 257 g/mol. The molecule has 1 aromatic heterocycles. The van der Waals surface area contributed by atoms with Gasteiger partial charge >= 0.3 is 5.97 Å². The lowest BCUT2D eigenvalue weighted by Crippen LogP contribution is -2.02. The molecule has 0 spiro atoms. The third kappa shape index (κ3) is 2.01. The Balaban J connectivity index is 2.10. The highest BCUT2D eigenvalue weighted by Gasteiger charge is 2.20. The minimum Gasteiger partial charge on any atom is -0.476 e. The largest absolute Gasteiger partial charge is 0.476 e. The van der Waals surface area contributed by atoms with Gasteiger partial charge in [0.05, 0.1) is 6.54 Å². The topological polar surface area (TPSA) is 68.0 Å². The second-order valence-electron chi connectivity index (χ2n) is 4.73. The summed E-state index contributed by atoms with van der Waals surface area (Å²) in [6.07, 6.45) is 3.35. The van der Waals surface area contributed by atoms with E-state index < -0.39 is 5.97 Å². The van der Waals surface area contributed by atoms with Gasteiger partial charge in [-0.1, -0.05) is 12.1 Å². The molecule has 1 aromatic carbocycles. The van der Waals surface area contributed by atoms with E-state index in [0.717, 1.165) is 18.4 Å². The Morgan fingerprint density at radius 1 is 1.32 bits per heavy atom. The van der Waals surface area contributed by atoms with Crippen molar-refractivity contribution >= 4 is 5.97 Å². The van der Waals surface area contributed by atoms with Crippen LogP contribution in [-0.2, 0) is 19.4 Å². The van der Waals surface area contributed by atoms with E-state index in [1.165, 1.54) is 22.3 Å². The van der Waals surface area contributed by atoms with E-state index in [-0.39, 0.29) is 5.69 Å². The van der Waals surface area contributed by atoms with Gasteiger partial charge in [0, 0.05) is 5.56 Å². The zero-order valence-corrected chi connectivity index (χ0v) is 10.8. The molecule has 0 fully saturated rings. The summed E-state index contributed by atoms with van der Waals surface area (Å²) in [4.78, 5) is 12.7. The molecule has 0 atom stereocenters. The highest BCUT2D eigenvalue weighted by atomic mass is 16.4. The van der Waals surface area contributed by atoms with Crippen molar-refractivity contribution in [2.24, 2.45) is 0 Å². The third-order valence-electron chi connectivity index (χ3n) is 3.51. The lowest BCUT2D eigenvalue weighted by molar-refractivity contribution is 0.0690. The first-order chi connectivity index (χ1) is 9.19. The molecule has 3 rings (SSSR count). The van der Waals surface area contributed by atoms with Crippen molar-refractivity contribution in [1.82, 2.24) is 15.0 Å². The minimum absolute atomic E-state index is 0.0276. The van der Waals surface area contributed by atoms with E-state index in [1.807, 2.05) is 13.0 Å². The summed E-state index contributed by atoms with van der Waals surface area (Å²) in [5, 5.41) is 17.5. The van der Waals surface area contributed by atoms with Crippen molar-refractivity contribution < 1.29 is 9.90 Å². The van der Waals surface area contributed by atoms with E-state index in [0.29, 0.717) is 12.2 Å². The fraction of sp³-hybridized carbons (Fsp3) is 0.357. The number of fused-ring (bicyclic) bond motifs is 1. The predicted molar refractivity (Wildman–Crippen MR) is 70.1 cm³/mol. The number of benzene rings is 1. The fourth-order valence-corrected chi connectivity index (χ4v) is 2.55. The van der Waals surface area contributed by atoms with Crippen LogP contribution >= 0.6 is 0 Å². The van der Waals surface area contributed by atoms with E-state index in [9.17, 15) is 9.90 Å². The highest BCUT2D eigenvalue weighted by molar-refractivity contribution is 5.92. The van der Waals surface area contributed by atoms with Crippen LogP contribution in [0.15, 0.2) is 18.2 Å². The van der Waals surface area contributed by atoms with Crippen molar-refractivity contribution in [3.63, 3.8) is 0 Å². The fourth-order valence-electron chi connectivity index (χ4n) is 2.55. The van der Waals surface area contributed by atoms with Crippen LogP contribution in [0.2, 0.25) is 0 Å². The van der Waals surface area contributed by atoms with Crippen LogP contribution in [0, 0.1) is 0 Å². The maximum atomic E-state index is 11.2. The van der Waals surface area contributed by atoms with Gasteiger partial charge in [-0.25, -0.2) is 4.79 Å². The van der Waals surface area contributed by atoms with Crippen molar-refractivity contribution in [3.8, 4) is 11.3 Å². The number of aryl methyl sites for hydroxylation is 3.